The molecule has 326 valence electrons. The summed E-state index contributed by atoms with van der Waals surface area (Å²) in [4.78, 5) is 60.0. The number of nitrogens with zero attached hydrogens (tertiary/aromatic N) is 9. The number of nitrogens with one attached hydrogen (secondary N) is 2. The molecule has 3 amide bonds. The van der Waals surface area contributed by atoms with E-state index in [1.165, 1.54) is 21.5 Å². The molecule has 61 heavy (non-hydrogen) atoms. The Hall–Kier alpha value is -5.53. The fourth-order valence-corrected chi connectivity index (χ4v) is 9.01. The largest absolute Gasteiger partial charge is 0.381 e. The second-order valence-electron chi connectivity index (χ2n) is 16.3. The number of imide groups is 1. The Morgan fingerprint density at radius 3 is 2.62 bits per heavy atom. The molecular weight excluding hydrogens is 793 g/mol. The topological polar surface area (TPSA) is 175 Å². The van der Waals surface area contributed by atoms with Crippen LogP contribution >= 0.6 is 0 Å². The molecule has 1 saturated carbocycles. The van der Waals surface area contributed by atoms with Crippen molar-refractivity contribution in [1.82, 2.24) is 43.7 Å². The van der Waals surface area contributed by atoms with Gasteiger partial charge in [0.05, 0.1) is 42.2 Å². The number of benzene rings is 1. The molecule has 4 aromatic heterocycles. The molecular formula is C42H53F2N11O6. The predicted molar refractivity (Wildman–Crippen MR) is 222 cm³/mol. The molecule has 17 nitrogen and oxygen atoms in total. The summed E-state index contributed by atoms with van der Waals surface area (Å²) in [6.07, 6.45) is 8.10. The third kappa shape index (κ3) is 9.23. The van der Waals surface area contributed by atoms with Gasteiger partial charge < -0.3 is 24.6 Å². The van der Waals surface area contributed by atoms with Gasteiger partial charge in [-0.2, -0.15) is 10.2 Å². The van der Waals surface area contributed by atoms with Crippen molar-refractivity contribution in [1.29, 1.82) is 0 Å². The van der Waals surface area contributed by atoms with Crippen molar-refractivity contribution in [2.24, 2.45) is 13.0 Å². The van der Waals surface area contributed by atoms with Gasteiger partial charge in [-0.15, -0.1) is 0 Å². The number of hydrogen-bond donors (Lipinski definition) is 2. The van der Waals surface area contributed by atoms with E-state index < -0.39 is 30.0 Å². The lowest BCUT2D eigenvalue weighted by molar-refractivity contribution is -0.135. The average molecular weight is 846 g/mol. The van der Waals surface area contributed by atoms with Crippen LogP contribution < -0.4 is 21.2 Å². The van der Waals surface area contributed by atoms with E-state index in [1.54, 1.807) is 22.5 Å². The Labute approximate surface area is 351 Å². The lowest BCUT2D eigenvalue weighted by atomic mass is 9.86. The highest BCUT2D eigenvalue weighted by molar-refractivity contribution is 6.08. The van der Waals surface area contributed by atoms with Gasteiger partial charge in [0.1, 0.15) is 17.4 Å². The molecule has 1 aromatic carbocycles. The zero-order valence-electron chi connectivity index (χ0n) is 34.6. The molecule has 2 aliphatic heterocycles. The number of imidazole rings is 1. The normalized spacial score (nSPS) is 20.0. The van der Waals surface area contributed by atoms with Crippen molar-refractivity contribution < 1.29 is 32.6 Å². The fourth-order valence-electron chi connectivity index (χ4n) is 9.01. The molecule has 1 aliphatic carbocycles. The monoisotopic (exact) mass is 845 g/mol. The van der Waals surface area contributed by atoms with Crippen molar-refractivity contribution in [2.45, 2.75) is 76.3 Å². The zero-order chi connectivity index (χ0) is 42.6. The summed E-state index contributed by atoms with van der Waals surface area (Å²) >= 11 is 0. The number of carbonyl (C=O) groups is 3. The Kier molecular flexibility index (Phi) is 12.9. The van der Waals surface area contributed by atoms with Gasteiger partial charge in [-0.1, -0.05) is 12.1 Å². The fraction of sp³-hybridized carbons (Fsp3) is 0.548. The number of aromatic nitrogens is 7. The minimum Gasteiger partial charge on any atom is -0.381 e. The van der Waals surface area contributed by atoms with Crippen molar-refractivity contribution in [2.75, 3.05) is 69.9 Å². The summed E-state index contributed by atoms with van der Waals surface area (Å²) in [5, 5.41) is 13.5. The van der Waals surface area contributed by atoms with Crippen LogP contribution in [0.5, 0.6) is 0 Å². The van der Waals surface area contributed by atoms with Gasteiger partial charge in [0.2, 0.25) is 11.8 Å². The van der Waals surface area contributed by atoms with Crippen LogP contribution in [-0.4, -0.2) is 116 Å². The number of anilines is 2. The van der Waals surface area contributed by atoms with Gasteiger partial charge >= 0.3 is 5.69 Å². The Bertz CT molecular complexity index is 2430. The summed E-state index contributed by atoms with van der Waals surface area (Å²) in [5.41, 5.74) is 2.25. The number of ether oxygens (including phenoxy) is 2. The molecule has 2 N–H and O–H groups in total. The molecule has 3 aliphatic rings. The van der Waals surface area contributed by atoms with E-state index in [9.17, 15) is 28.0 Å². The molecule has 1 atom stereocenters. The van der Waals surface area contributed by atoms with Crippen molar-refractivity contribution in [3.63, 3.8) is 0 Å². The number of halogens is 2. The molecule has 0 spiro atoms. The molecule has 0 bridgehead atoms. The second-order valence-corrected chi connectivity index (χ2v) is 16.3. The Balaban J connectivity index is 0.768. The van der Waals surface area contributed by atoms with Crippen molar-refractivity contribution in [3.05, 3.63) is 70.2 Å². The lowest BCUT2D eigenvalue weighted by Gasteiger charge is -2.31. The van der Waals surface area contributed by atoms with Gasteiger partial charge in [-0.3, -0.25) is 33.5 Å². The van der Waals surface area contributed by atoms with Gasteiger partial charge in [-0.25, -0.2) is 23.1 Å². The van der Waals surface area contributed by atoms with E-state index in [0.29, 0.717) is 75.3 Å². The van der Waals surface area contributed by atoms with Gasteiger partial charge in [-0.05, 0) is 82.0 Å². The number of amides is 3. The summed E-state index contributed by atoms with van der Waals surface area (Å²) in [5.74, 6) is -0.180. The second kappa shape index (κ2) is 18.6. The highest BCUT2D eigenvalue weighted by Crippen LogP contribution is 2.35. The van der Waals surface area contributed by atoms with Crippen molar-refractivity contribution >= 4 is 45.9 Å². The van der Waals surface area contributed by atoms with Crippen LogP contribution in [0, 0.1) is 5.92 Å². The number of fused-ring (bicyclic) bond motifs is 2. The van der Waals surface area contributed by atoms with Crippen molar-refractivity contribution in [3.8, 4) is 0 Å². The first-order valence-corrected chi connectivity index (χ1v) is 21.2. The van der Waals surface area contributed by atoms with E-state index in [-0.39, 0.29) is 35.3 Å². The van der Waals surface area contributed by atoms with Crippen LogP contribution in [0.4, 0.5) is 20.3 Å². The summed E-state index contributed by atoms with van der Waals surface area (Å²) in [7, 11) is 3.82. The number of alkyl halides is 2. The molecule has 2 saturated heterocycles. The first-order chi connectivity index (χ1) is 29.5. The van der Waals surface area contributed by atoms with Crippen LogP contribution in [0.1, 0.15) is 91.5 Å². The maximum absolute atomic E-state index is 14.2. The highest BCUT2D eigenvalue weighted by Gasteiger charge is 2.32. The van der Waals surface area contributed by atoms with Crippen LogP contribution in [0.3, 0.4) is 0 Å². The molecule has 8 rings (SSSR count). The van der Waals surface area contributed by atoms with E-state index in [1.807, 2.05) is 24.3 Å². The summed E-state index contributed by atoms with van der Waals surface area (Å²) in [6.45, 7) is 5.53. The molecule has 0 radical (unpaired) electrons. The number of para-hydroxylation sites is 1. The van der Waals surface area contributed by atoms with Gasteiger partial charge in [0.25, 0.3) is 12.3 Å². The van der Waals surface area contributed by atoms with Crippen LogP contribution in [0.25, 0.3) is 16.7 Å². The number of morpholine rings is 1. The maximum atomic E-state index is 14.2. The van der Waals surface area contributed by atoms with Crippen LogP contribution in [0.2, 0.25) is 0 Å². The van der Waals surface area contributed by atoms with Crippen LogP contribution in [-0.2, 0) is 32.5 Å². The molecule has 5 aromatic rings. The average Bonchev–Trinajstić information content (AvgIpc) is 3.95. The molecule has 3 fully saturated rings. The summed E-state index contributed by atoms with van der Waals surface area (Å²) < 4.78 is 46.0. The number of carbonyl (C=O) groups excluding carboxylic acids is 3. The number of aryl methyl sites for hydroxylation is 2. The molecule has 19 heteroatoms. The highest BCUT2D eigenvalue weighted by atomic mass is 19.3. The zero-order valence-corrected chi connectivity index (χ0v) is 34.6. The standard InChI is InChI=1S/C42H53F2N11O6/c1-50(16-5-21-60-20-4-7-28-6-3-8-32-37(28)51(2)42(59)55(32)33-13-14-35(56)48-41(33)58)25-27-9-11-29(12-10-27)54-26-31(36(49-54)38(43)44)46-40(57)30-24-45-53-17-15-34(47-39(30)53)52-18-22-61-23-19-52/h3,6,8,15,17,24,26-27,29,33,38H,4-5,7,9-14,16,18-23,25H2,1-2H3,(H,46,57)(H,48,56,58)/t27-,29-,33?. The lowest BCUT2D eigenvalue weighted by Crippen LogP contribution is -2.44. The Morgan fingerprint density at radius 2 is 1.85 bits per heavy atom. The predicted octanol–water partition coefficient (Wildman–Crippen LogP) is 4.29. The summed E-state index contributed by atoms with van der Waals surface area (Å²) in [6, 6.07) is 6.80. The number of piperidine rings is 1. The Morgan fingerprint density at radius 1 is 1.07 bits per heavy atom. The minimum absolute atomic E-state index is 0.0150. The first-order valence-electron chi connectivity index (χ1n) is 21.2. The smallest absolute Gasteiger partial charge is 0.329 e. The van der Waals surface area contributed by atoms with E-state index >= 15 is 0 Å². The van der Waals surface area contributed by atoms with E-state index in [2.05, 4.69) is 42.7 Å². The number of hydrogen-bond acceptors (Lipinski definition) is 11. The van der Waals surface area contributed by atoms with Gasteiger partial charge in [0, 0.05) is 65.3 Å². The van der Waals surface area contributed by atoms with E-state index in [0.717, 1.165) is 62.7 Å². The SMILES string of the molecule is CN(CCCOCCCc1cccc2c1n(C)c(=O)n2C1CCC(=O)NC1=O)C[C@H]1CC[C@H](n2cc(NC(=O)c3cnn4ccc(N5CCOCC5)nc34)c(C(F)F)n2)CC1. The number of rotatable bonds is 16. The minimum atomic E-state index is -2.86. The van der Waals surface area contributed by atoms with Crippen LogP contribution in [0.15, 0.2) is 47.7 Å². The van der Waals surface area contributed by atoms with E-state index in [4.69, 9.17) is 9.47 Å². The van der Waals surface area contributed by atoms with Gasteiger partial charge in [0.15, 0.2) is 11.3 Å². The maximum Gasteiger partial charge on any atom is 0.329 e. The first kappa shape index (κ1) is 42.2. The quantitative estimate of drug-likeness (QED) is 0.107. The third-order valence-electron chi connectivity index (χ3n) is 12.2. The third-order valence-corrected chi connectivity index (χ3v) is 12.2. The molecule has 6 heterocycles. The molecule has 1 unspecified atom stereocenters.